The molecule has 1 atom stereocenters. The molecule has 0 aliphatic carbocycles. The molecule has 1 amide bonds. The van der Waals surface area contributed by atoms with Gasteiger partial charge in [-0.2, -0.15) is 0 Å². The topological polar surface area (TPSA) is 54.9 Å². The molecule has 0 saturated heterocycles. The zero-order valence-electron chi connectivity index (χ0n) is 12.0. The van der Waals surface area contributed by atoms with Crippen molar-refractivity contribution in [2.45, 2.75) is 58.9 Å². The lowest BCUT2D eigenvalue weighted by molar-refractivity contribution is 0.0928. The lowest BCUT2D eigenvalue weighted by Crippen LogP contribution is -2.35. The van der Waals surface area contributed by atoms with Gasteiger partial charge in [-0.1, -0.05) is 45.7 Å². The summed E-state index contributed by atoms with van der Waals surface area (Å²) in [4.78, 5) is 20.6. The first-order chi connectivity index (χ1) is 8.99. The third kappa shape index (κ3) is 4.46. The molecule has 1 heterocycles. The van der Waals surface area contributed by atoms with Crippen molar-refractivity contribution in [2.75, 3.05) is 0 Å². The lowest BCUT2D eigenvalue weighted by atomic mass is 10.1. The van der Waals surface area contributed by atoms with Crippen LogP contribution in [-0.2, 0) is 0 Å². The smallest absolute Gasteiger partial charge is 0.271 e. The van der Waals surface area contributed by atoms with E-state index in [9.17, 15) is 4.79 Å². The maximum Gasteiger partial charge on any atom is 0.271 e. The molecular weight excluding hydrogens is 262 g/mol. The molecule has 1 aromatic heterocycles. The largest absolute Gasteiger partial charge is 0.348 e. The Kier molecular flexibility index (Phi) is 6.22. The number of carbonyl (C=O) groups excluding carboxylic acids is 1. The van der Waals surface area contributed by atoms with Gasteiger partial charge in [0.25, 0.3) is 5.91 Å². The molecule has 5 heteroatoms. The van der Waals surface area contributed by atoms with Crippen LogP contribution in [0.15, 0.2) is 6.20 Å². The Hall–Kier alpha value is -1.16. The first kappa shape index (κ1) is 15.9. The Morgan fingerprint density at radius 3 is 2.63 bits per heavy atom. The maximum atomic E-state index is 12.2. The number of nitrogens with one attached hydrogen (secondary N) is 1. The van der Waals surface area contributed by atoms with E-state index in [-0.39, 0.29) is 23.6 Å². The second kappa shape index (κ2) is 7.43. The molecule has 106 valence electrons. The van der Waals surface area contributed by atoms with Crippen molar-refractivity contribution in [3.05, 3.63) is 22.7 Å². The summed E-state index contributed by atoms with van der Waals surface area (Å²) in [5.74, 6) is 0.592. The van der Waals surface area contributed by atoms with Gasteiger partial charge >= 0.3 is 0 Å². The van der Waals surface area contributed by atoms with Crippen LogP contribution in [0, 0.1) is 0 Å². The summed E-state index contributed by atoms with van der Waals surface area (Å²) in [6.45, 7) is 8.12. The molecule has 0 fully saturated rings. The van der Waals surface area contributed by atoms with Crippen LogP contribution in [0.3, 0.4) is 0 Å². The second-order valence-electron chi connectivity index (χ2n) is 4.95. The van der Waals surface area contributed by atoms with E-state index in [1.54, 1.807) is 0 Å². The van der Waals surface area contributed by atoms with E-state index in [4.69, 9.17) is 11.6 Å². The van der Waals surface area contributed by atoms with E-state index in [0.717, 1.165) is 19.3 Å². The van der Waals surface area contributed by atoms with E-state index in [2.05, 4.69) is 29.1 Å². The van der Waals surface area contributed by atoms with Gasteiger partial charge in [-0.15, -0.1) is 0 Å². The highest BCUT2D eigenvalue weighted by Gasteiger charge is 2.17. The summed E-state index contributed by atoms with van der Waals surface area (Å²) in [7, 11) is 0. The number of amides is 1. The van der Waals surface area contributed by atoms with Gasteiger partial charge in [0.05, 0.1) is 11.2 Å². The quantitative estimate of drug-likeness (QED) is 0.868. The van der Waals surface area contributed by atoms with E-state index in [1.807, 2.05) is 13.8 Å². The van der Waals surface area contributed by atoms with Crippen LogP contribution in [0.1, 0.15) is 69.2 Å². The van der Waals surface area contributed by atoms with Gasteiger partial charge < -0.3 is 5.32 Å². The molecule has 1 aromatic rings. The third-order valence-electron chi connectivity index (χ3n) is 2.96. The SMILES string of the molecule is CCCC(CC)NC(=O)c1nc(C(C)C)ncc1Cl. The fourth-order valence-corrected chi connectivity index (χ4v) is 1.98. The summed E-state index contributed by atoms with van der Waals surface area (Å²) >= 11 is 6.01. The van der Waals surface area contributed by atoms with E-state index < -0.39 is 0 Å². The highest BCUT2D eigenvalue weighted by atomic mass is 35.5. The molecule has 0 bridgehead atoms. The number of hydrogen-bond acceptors (Lipinski definition) is 3. The first-order valence-electron chi connectivity index (χ1n) is 6.82. The Bertz CT molecular complexity index is 435. The molecule has 0 aromatic carbocycles. The fourth-order valence-electron chi connectivity index (χ4n) is 1.80. The van der Waals surface area contributed by atoms with Crippen LogP contribution in [0.25, 0.3) is 0 Å². The van der Waals surface area contributed by atoms with Crippen LogP contribution in [0.2, 0.25) is 5.02 Å². The summed E-state index contributed by atoms with van der Waals surface area (Å²) < 4.78 is 0. The molecule has 0 saturated carbocycles. The monoisotopic (exact) mass is 283 g/mol. The summed E-state index contributed by atoms with van der Waals surface area (Å²) in [5, 5.41) is 3.28. The minimum absolute atomic E-state index is 0.168. The van der Waals surface area contributed by atoms with Crippen LogP contribution in [0.5, 0.6) is 0 Å². The van der Waals surface area contributed by atoms with Crippen molar-refractivity contribution in [2.24, 2.45) is 0 Å². The Morgan fingerprint density at radius 1 is 1.42 bits per heavy atom. The molecule has 0 spiro atoms. The fraction of sp³-hybridized carbons (Fsp3) is 0.643. The Balaban J connectivity index is 2.89. The average molecular weight is 284 g/mol. The van der Waals surface area contributed by atoms with E-state index in [0.29, 0.717) is 10.8 Å². The molecule has 4 nitrogen and oxygen atoms in total. The van der Waals surface area contributed by atoms with Crippen molar-refractivity contribution in [3.8, 4) is 0 Å². The molecular formula is C14H22ClN3O. The number of carbonyl (C=O) groups is 1. The average Bonchev–Trinajstić information content (AvgIpc) is 2.38. The number of rotatable bonds is 6. The lowest BCUT2D eigenvalue weighted by Gasteiger charge is -2.16. The van der Waals surface area contributed by atoms with E-state index in [1.165, 1.54) is 6.20 Å². The number of halogens is 1. The van der Waals surface area contributed by atoms with Crippen LogP contribution >= 0.6 is 11.6 Å². The van der Waals surface area contributed by atoms with Gasteiger partial charge in [0.15, 0.2) is 0 Å². The van der Waals surface area contributed by atoms with E-state index >= 15 is 0 Å². The second-order valence-corrected chi connectivity index (χ2v) is 5.35. The van der Waals surface area contributed by atoms with Crippen molar-refractivity contribution in [3.63, 3.8) is 0 Å². The van der Waals surface area contributed by atoms with Gasteiger partial charge in [-0.05, 0) is 12.8 Å². The van der Waals surface area contributed by atoms with Crippen molar-refractivity contribution in [1.82, 2.24) is 15.3 Å². The summed E-state index contributed by atoms with van der Waals surface area (Å²) in [6.07, 6.45) is 4.40. The highest BCUT2D eigenvalue weighted by molar-refractivity contribution is 6.33. The summed E-state index contributed by atoms with van der Waals surface area (Å²) in [6, 6.07) is 0.172. The standard InChI is InChI=1S/C14H22ClN3O/c1-5-7-10(6-2)17-14(19)12-11(15)8-16-13(18-12)9(3)4/h8-10H,5-7H2,1-4H3,(H,17,19). The zero-order chi connectivity index (χ0) is 14.4. The van der Waals surface area contributed by atoms with Crippen LogP contribution in [-0.4, -0.2) is 21.9 Å². The molecule has 0 radical (unpaired) electrons. The molecule has 1 N–H and O–H groups in total. The molecule has 1 unspecified atom stereocenters. The Morgan fingerprint density at radius 2 is 2.11 bits per heavy atom. The van der Waals surface area contributed by atoms with Crippen LogP contribution in [0.4, 0.5) is 0 Å². The molecule has 0 aliphatic heterocycles. The molecule has 1 rings (SSSR count). The predicted octanol–water partition coefficient (Wildman–Crippen LogP) is 3.56. The Labute approximate surface area is 120 Å². The minimum Gasteiger partial charge on any atom is -0.348 e. The minimum atomic E-state index is -0.213. The van der Waals surface area contributed by atoms with Gasteiger partial charge in [0.2, 0.25) is 0 Å². The molecule has 19 heavy (non-hydrogen) atoms. The van der Waals surface area contributed by atoms with Gasteiger partial charge in [0.1, 0.15) is 11.5 Å². The zero-order valence-corrected chi connectivity index (χ0v) is 12.8. The van der Waals surface area contributed by atoms with Crippen LogP contribution < -0.4 is 5.32 Å². The predicted molar refractivity (Wildman–Crippen MR) is 77.6 cm³/mol. The first-order valence-corrected chi connectivity index (χ1v) is 7.20. The number of hydrogen-bond donors (Lipinski definition) is 1. The van der Waals surface area contributed by atoms with Gasteiger partial charge in [-0.25, -0.2) is 9.97 Å². The third-order valence-corrected chi connectivity index (χ3v) is 3.24. The summed E-state index contributed by atoms with van der Waals surface area (Å²) in [5.41, 5.74) is 0.273. The number of aromatic nitrogens is 2. The number of nitrogens with zero attached hydrogens (tertiary/aromatic N) is 2. The van der Waals surface area contributed by atoms with Crippen molar-refractivity contribution >= 4 is 17.5 Å². The maximum absolute atomic E-state index is 12.2. The normalized spacial score (nSPS) is 12.5. The van der Waals surface area contributed by atoms with Crippen molar-refractivity contribution in [1.29, 1.82) is 0 Å². The van der Waals surface area contributed by atoms with Gasteiger partial charge in [-0.3, -0.25) is 4.79 Å². The van der Waals surface area contributed by atoms with Gasteiger partial charge in [0, 0.05) is 12.0 Å². The van der Waals surface area contributed by atoms with Crippen molar-refractivity contribution < 1.29 is 4.79 Å². The molecule has 0 aliphatic rings. The highest BCUT2D eigenvalue weighted by Crippen LogP contribution is 2.16.